The van der Waals surface area contributed by atoms with Crippen LogP contribution in [0.3, 0.4) is 0 Å². The topological polar surface area (TPSA) is 76.2 Å². The fraction of sp³-hybridized carbons (Fsp3) is 0.188. The highest BCUT2D eigenvalue weighted by atomic mass is 19.1. The molecule has 1 heterocycles. The van der Waals surface area contributed by atoms with Crippen molar-refractivity contribution in [2.45, 2.75) is 19.8 Å². The number of allylic oxidation sites excluding steroid dienone is 3. The van der Waals surface area contributed by atoms with Gasteiger partial charge >= 0.3 is 5.97 Å². The summed E-state index contributed by atoms with van der Waals surface area (Å²) in [7, 11) is 0. The number of rotatable bonds is 6. The number of carboxylic acids is 1. The average Bonchev–Trinajstić information content (AvgIpc) is 2.96. The van der Waals surface area contributed by atoms with Gasteiger partial charge in [-0.25, -0.2) is 8.78 Å². The molecule has 2 rings (SSSR count). The summed E-state index contributed by atoms with van der Waals surface area (Å²) in [6, 6.07) is 3.09. The summed E-state index contributed by atoms with van der Waals surface area (Å²) < 4.78 is 31.5. The normalized spacial score (nSPS) is 12.0. The van der Waals surface area contributed by atoms with Crippen LogP contribution in [0.4, 0.5) is 8.78 Å². The van der Waals surface area contributed by atoms with Crippen LogP contribution in [0, 0.1) is 11.6 Å². The van der Waals surface area contributed by atoms with Crippen molar-refractivity contribution in [1.82, 2.24) is 10.1 Å². The van der Waals surface area contributed by atoms with Crippen molar-refractivity contribution >= 4 is 11.5 Å². The van der Waals surface area contributed by atoms with Crippen LogP contribution in [-0.4, -0.2) is 21.2 Å². The zero-order valence-corrected chi connectivity index (χ0v) is 12.3. The number of carboxylic acid groups (broad SMARTS) is 1. The number of nitrogens with zero attached hydrogens (tertiary/aromatic N) is 2. The highest BCUT2D eigenvalue weighted by molar-refractivity contribution is 5.68. The molecule has 0 aliphatic carbocycles. The van der Waals surface area contributed by atoms with Gasteiger partial charge in [-0.1, -0.05) is 23.4 Å². The van der Waals surface area contributed by atoms with Crippen LogP contribution in [0.1, 0.15) is 25.6 Å². The third-order valence-corrected chi connectivity index (χ3v) is 2.96. The Bertz CT molecular complexity index is 766. The maximum Gasteiger partial charge on any atom is 0.307 e. The Labute approximate surface area is 131 Å². The Balaban J connectivity index is 2.09. The monoisotopic (exact) mass is 320 g/mol. The third kappa shape index (κ3) is 4.57. The summed E-state index contributed by atoms with van der Waals surface area (Å²) in [5.74, 6) is -2.11. The average molecular weight is 320 g/mol. The molecule has 23 heavy (non-hydrogen) atoms. The van der Waals surface area contributed by atoms with Crippen LogP contribution in [0.5, 0.6) is 0 Å². The lowest BCUT2D eigenvalue weighted by Crippen LogP contribution is -1.89. The first-order valence-corrected chi connectivity index (χ1v) is 6.80. The van der Waals surface area contributed by atoms with Gasteiger partial charge in [-0.15, -0.1) is 0 Å². The van der Waals surface area contributed by atoms with Crippen molar-refractivity contribution in [3.05, 3.63) is 53.9 Å². The first kappa shape index (κ1) is 16.5. The molecule has 0 saturated carbocycles. The molecule has 1 N–H and O–H groups in total. The number of benzene rings is 1. The van der Waals surface area contributed by atoms with Crippen LogP contribution in [0.2, 0.25) is 0 Å². The van der Waals surface area contributed by atoms with E-state index in [-0.39, 0.29) is 23.7 Å². The van der Waals surface area contributed by atoms with Gasteiger partial charge in [0.15, 0.2) is 5.82 Å². The van der Waals surface area contributed by atoms with Gasteiger partial charge in [0.1, 0.15) is 11.6 Å². The molecule has 1 aromatic heterocycles. The minimum atomic E-state index is -0.897. The molecule has 0 radical (unpaired) electrons. The second-order valence-corrected chi connectivity index (χ2v) is 4.74. The van der Waals surface area contributed by atoms with E-state index in [0.717, 1.165) is 12.1 Å². The Morgan fingerprint density at radius 2 is 2.13 bits per heavy atom. The minimum absolute atomic E-state index is 0.0271. The van der Waals surface area contributed by atoms with E-state index < -0.39 is 17.6 Å². The molecule has 5 nitrogen and oxygen atoms in total. The lowest BCUT2D eigenvalue weighted by atomic mass is 10.2. The molecule has 0 unspecified atom stereocenters. The molecular formula is C16H14F2N2O3. The van der Waals surface area contributed by atoms with E-state index in [2.05, 4.69) is 10.1 Å². The molecule has 0 saturated heterocycles. The van der Waals surface area contributed by atoms with E-state index in [9.17, 15) is 13.6 Å². The Kier molecular flexibility index (Phi) is 5.35. The smallest absolute Gasteiger partial charge is 0.307 e. The van der Waals surface area contributed by atoms with Crippen molar-refractivity contribution in [3.63, 3.8) is 0 Å². The summed E-state index contributed by atoms with van der Waals surface area (Å²) in [6.45, 7) is 1.75. The second kappa shape index (κ2) is 7.44. The lowest BCUT2D eigenvalue weighted by Gasteiger charge is -1.96. The summed E-state index contributed by atoms with van der Waals surface area (Å²) in [5, 5.41) is 12.2. The van der Waals surface area contributed by atoms with Crippen molar-refractivity contribution in [2.24, 2.45) is 0 Å². The molecule has 0 bridgehead atoms. The van der Waals surface area contributed by atoms with Crippen LogP contribution >= 0.6 is 0 Å². The molecule has 0 aliphatic heterocycles. The zero-order chi connectivity index (χ0) is 16.8. The van der Waals surface area contributed by atoms with Crippen molar-refractivity contribution in [2.75, 3.05) is 0 Å². The molecule has 120 valence electrons. The molecule has 1 aromatic carbocycles. The lowest BCUT2D eigenvalue weighted by molar-refractivity contribution is -0.136. The van der Waals surface area contributed by atoms with Crippen LogP contribution < -0.4 is 0 Å². The van der Waals surface area contributed by atoms with Crippen molar-refractivity contribution < 1.29 is 23.2 Å². The largest absolute Gasteiger partial charge is 0.481 e. The van der Waals surface area contributed by atoms with Gasteiger partial charge in [0.2, 0.25) is 0 Å². The summed E-state index contributed by atoms with van der Waals surface area (Å²) in [6.07, 6.45) is 5.50. The summed E-state index contributed by atoms with van der Waals surface area (Å²) in [5.41, 5.74) is 0.724. The minimum Gasteiger partial charge on any atom is -0.481 e. The maximum atomic E-state index is 13.7. The van der Waals surface area contributed by atoms with E-state index in [1.54, 1.807) is 25.2 Å². The van der Waals surface area contributed by atoms with E-state index in [1.807, 2.05) is 0 Å². The second-order valence-electron chi connectivity index (χ2n) is 4.74. The highest BCUT2D eigenvalue weighted by Crippen LogP contribution is 2.23. The zero-order valence-electron chi connectivity index (χ0n) is 12.3. The third-order valence-electron chi connectivity index (χ3n) is 2.96. The van der Waals surface area contributed by atoms with Gasteiger partial charge in [-0.3, -0.25) is 4.79 Å². The van der Waals surface area contributed by atoms with E-state index in [0.29, 0.717) is 12.0 Å². The first-order valence-electron chi connectivity index (χ1n) is 6.80. The molecule has 0 atom stereocenters. The number of halogens is 2. The molecule has 0 amide bonds. The Morgan fingerprint density at radius 1 is 1.35 bits per heavy atom. The van der Waals surface area contributed by atoms with Crippen LogP contribution in [-0.2, 0) is 4.79 Å². The SMILES string of the molecule is C/C(=C\C/C=C\CC(=O)O)c1noc(-c2ccc(F)cc2F)n1. The molecule has 0 fully saturated rings. The summed E-state index contributed by atoms with van der Waals surface area (Å²) >= 11 is 0. The van der Waals surface area contributed by atoms with Crippen LogP contribution in [0.15, 0.2) is 41.0 Å². The molecule has 2 aromatic rings. The van der Waals surface area contributed by atoms with Gasteiger partial charge in [-0.2, -0.15) is 4.98 Å². The number of hydrogen-bond donors (Lipinski definition) is 1. The van der Waals surface area contributed by atoms with Gasteiger partial charge in [-0.05, 0) is 31.1 Å². The molecule has 0 aliphatic rings. The number of hydrogen-bond acceptors (Lipinski definition) is 4. The Morgan fingerprint density at radius 3 is 2.83 bits per heavy atom. The van der Waals surface area contributed by atoms with Crippen molar-refractivity contribution in [3.8, 4) is 11.5 Å². The van der Waals surface area contributed by atoms with Gasteiger partial charge < -0.3 is 9.63 Å². The molecule has 7 heteroatoms. The van der Waals surface area contributed by atoms with Gasteiger partial charge in [0, 0.05) is 6.07 Å². The van der Waals surface area contributed by atoms with Crippen molar-refractivity contribution in [1.29, 1.82) is 0 Å². The predicted octanol–water partition coefficient (Wildman–Crippen LogP) is 3.84. The number of carbonyl (C=O) groups is 1. The van der Waals surface area contributed by atoms with E-state index in [4.69, 9.17) is 9.63 Å². The maximum absolute atomic E-state index is 13.7. The fourth-order valence-corrected chi connectivity index (χ4v) is 1.77. The molecule has 0 spiro atoms. The first-order chi connectivity index (χ1) is 11.0. The Hall–Kier alpha value is -2.83. The quantitative estimate of drug-likeness (QED) is 0.818. The number of aromatic nitrogens is 2. The van der Waals surface area contributed by atoms with Gasteiger partial charge in [0.05, 0.1) is 12.0 Å². The van der Waals surface area contributed by atoms with E-state index in [1.165, 1.54) is 6.07 Å². The highest BCUT2D eigenvalue weighted by Gasteiger charge is 2.14. The molecular weight excluding hydrogens is 306 g/mol. The van der Waals surface area contributed by atoms with Crippen LogP contribution in [0.25, 0.3) is 17.0 Å². The fourth-order valence-electron chi connectivity index (χ4n) is 1.77. The number of aliphatic carboxylic acids is 1. The summed E-state index contributed by atoms with van der Waals surface area (Å²) in [4.78, 5) is 14.4. The van der Waals surface area contributed by atoms with E-state index >= 15 is 0 Å². The standard InChI is InChI=1S/C16H14F2N2O3/c1-10(5-3-2-4-6-14(21)22)15-19-16(23-20-15)12-8-7-11(17)9-13(12)18/h2,4-5,7-9H,3,6H2,1H3,(H,21,22)/b4-2-,10-5+. The predicted molar refractivity (Wildman–Crippen MR) is 79.3 cm³/mol. The van der Waals surface area contributed by atoms with Gasteiger partial charge in [0.25, 0.3) is 5.89 Å².